The van der Waals surface area contributed by atoms with Crippen LogP contribution in [-0.2, 0) is 26.8 Å². The van der Waals surface area contributed by atoms with E-state index in [9.17, 15) is 26.8 Å². The van der Waals surface area contributed by atoms with Gasteiger partial charge in [0, 0.05) is 74.2 Å². The number of hydrogen-bond acceptors (Lipinski definition) is 8. The molecule has 0 bridgehead atoms. The normalized spacial score (nSPS) is 20.4. The number of anilines is 3. The quantitative estimate of drug-likeness (QED) is 0.301. The predicted molar refractivity (Wildman–Crippen MR) is 174 cm³/mol. The number of carbonyl (C=O) groups excluding carboxylic acids is 2. The highest BCUT2D eigenvalue weighted by Crippen LogP contribution is 2.38. The van der Waals surface area contributed by atoms with Crippen molar-refractivity contribution in [1.82, 2.24) is 24.7 Å². The molecule has 3 aliphatic heterocycles. The molecule has 12 nitrogen and oxygen atoms in total. The summed E-state index contributed by atoms with van der Waals surface area (Å²) < 4.78 is 56.2. The molecule has 4 N–H and O–H groups in total. The summed E-state index contributed by atoms with van der Waals surface area (Å²) in [6, 6.07) is 7.53. The first-order valence-corrected chi connectivity index (χ1v) is 17.2. The van der Waals surface area contributed by atoms with E-state index in [1.165, 1.54) is 0 Å². The Morgan fingerprint density at radius 2 is 1.74 bits per heavy atom. The van der Waals surface area contributed by atoms with Gasteiger partial charge in [-0.25, -0.2) is 17.2 Å². The fraction of sp³-hybridized carbons (Fsp3) is 0.469. The molecule has 2 fully saturated rings. The number of benzene rings is 2. The van der Waals surface area contributed by atoms with Crippen molar-refractivity contribution >= 4 is 39.0 Å². The Morgan fingerprint density at radius 3 is 2.43 bits per heavy atom. The summed E-state index contributed by atoms with van der Waals surface area (Å²) in [5, 5.41) is 16.4. The number of aromatic amines is 1. The summed E-state index contributed by atoms with van der Waals surface area (Å²) in [5.74, 6) is -2.81. The highest BCUT2D eigenvalue weighted by molar-refractivity contribution is 7.89. The van der Waals surface area contributed by atoms with E-state index in [1.54, 1.807) is 6.07 Å². The lowest BCUT2D eigenvalue weighted by Crippen LogP contribution is -2.45. The number of rotatable bonds is 7. The van der Waals surface area contributed by atoms with Gasteiger partial charge in [-0.1, -0.05) is 13.8 Å². The van der Waals surface area contributed by atoms with Gasteiger partial charge in [0.2, 0.25) is 15.9 Å². The van der Waals surface area contributed by atoms with Crippen LogP contribution in [-0.4, -0.2) is 92.5 Å². The molecule has 15 heteroatoms. The summed E-state index contributed by atoms with van der Waals surface area (Å²) in [4.78, 5) is 31.1. The van der Waals surface area contributed by atoms with Crippen molar-refractivity contribution < 1.29 is 26.8 Å². The van der Waals surface area contributed by atoms with Gasteiger partial charge < -0.3 is 25.8 Å². The maximum absolute atomic E-state index is 14.0. The molecule has 3 aliphatic rings. The topological polar surface area (TPSA) is 143 Å². The second-order valence-corrected chi connectivity index (χ2v) is 15.1. The first kappa shape index (κ1) is 33.0. The van der Waals surface area contributed by atoms with E-state index in [1.807, 2.05) is 26.0 Å². The maximum Gasteiger partial charge on any atom is 0.258 e. The number of carbonyl (C=O) groups is 2. The van der Waals surface area contributed by atoms with Gasteiger partial charge in [0.25, 0.3) is 5.91 Å². The van der Waals surface area contributed by atoms with Crippen molar-refractivity contribution in [1.29, 1.82) is 0 Å². The number of aromatic nitrogens is 2. The van der Waals surface area contributed by atoms with Crippen LogP contribution in [0.5, 0.6) is 0 Å². The molecule has 252 valence electrons. The number of piperidine rings is 1. The standard InChI is InChI=1S/C32H40F2N8O4S/c1-32(2)19-42(47(45,46)24-14-21(33)13-22(34)15-24)18-26-28(32)38-39-29(26)37-31(44)25-7-6-23(41-11-9-40(3)10-12-41)16-27(25)36-30(43)20-5-4-8-35-17-20/h6-7,13-16,20,35H,4-5,8-12,17-19H2,1-3H3,(H,36,43)(H2,37,38,39,44). The van der Waals surface area contributed by atoms with Crippen molar-refractivity contribution in [3.8, 4) is 0 Å². The van der Waals surface area contributed by atoms with Gasteiger partial charge in [-0.05, 0) is 56.8 Å². The van der Waals surface area contributed by atoms with E-state index in [4.69, 9.17) is 0 Å². The number of likely N-dealkylation sites (N-methyl/N-ethyl adjacent to an activating group) is 1. The Hall–Kier alpha value is -3.92. The van der Waals surface area contributed by atoms with Gasteiger partial charge in [0.1, 0.15) is 11.6 Å². The zero-order chi connectivity index (χ0) is 33.5. The summed E-state index contributed by atoms with van der Waals surface area (Å²) in [7, 11) is -2.24. The number of sulfonamides is 1. The fourth-order valence-corrected chi connectivity index (χ4v) is 8.12. The Bertz CT molecular complexity index is 1760. The summed E-state index contributed by atoms with van der Waals surface area (Å²) in [6.07, 6.45) is 1.63. The smallest absolute Gasteiger partial charge is 0.258 e. The lowest BCUT2D eigenvalue weighted by molar-refractivity contribution is -0.120. The molecule has 0 saturated carbocycles. The average Bonchev–Trinajstić information content (AvgIpc) is 3.44. The van der Waals surface area contributed by atoms with Gasteiger partial charge in [-0.3, -0.25) is 14.7 Å². The molecule has 2 aromatic carbocycles. The first-order valence-electron chi connectivity index (χ1n) is 15.8. The second-order valence-electron chi connectivity index (χ2n) is 13.2. The van der Waals surface area contributed by atoms with Crippen LogP contribution in [0.15, 0.2) is 41.3 Å². The molecule has 1 unspecified atom stereocenters. The van der Waals surface area contributed by atoms with Crippen molar-refractivity contribution in [2.75, 3.05) is 68.4 Å². The molecule has 47 heavy (non-hydrogen) atoms. The number of nitrogens with one attached hydrogen (secondary N) is 4. The minimum absolute atomic E-state index is 0.00992. The maximum atomic E-state index is 14.0. The lowest BCUT2D eigenvalue weighted by atomic mass is 9.84. The molecule has 0 radical (unpaired) electrons. The number of halogens is 2. The van der Waals surface area contributed by atoms with Crippen LogP contribution in [0.4, 0.5) is 26.0 Å². The Balaban J connectivity index is 1.29. The monoisotopic (exact) mass is 670 g/mol. The van der Waals surface area contributed by atoms with Crippen LogP contribution in [0, 0.1) is 17.6 Å². The Morgan fingerprint density at radius 1 is 1.02 bits per heavy atom. The van der Waals surface area contributed by atoms with Crippen molar-refractivity contribution in [2.24, 2.45) is 5.92 Å². The summed E-state index contributed by atoms with van der Waals surface area (Å²) in [6.45, 7) is 8.25. The molecule has 3 aromatic rings. The van der Waals surface area contributed by atoms with Crippen LogP contribution in [0.2, 0.25) is 0 Å². The molecule has 0 aliphatic carbocycles. The predicted octanol–water partition coefficient (Wildman–Crippen LogP) is 3.11. The van der Waals surface area contributed by atoms with Crippen molar-refractivity contribution in [3.05, 3.63) is 64.9 Å². The third-order valence-electron chi connectivity index (χ3n) is 9.20. The molecule has 6 rings (SSSR count). The van der Waals surface area contributed by atoms with Crippen molar-refractivity contribution in [2.45, 2.75) is 43.5 Å². The molecule has 1 atom stereocenters. The van der Waals surface area contributed by atoms with E-state index in [0.29, 0.717) is 29.6 Å². The largest absolute Gasteiger partial charge is 0.369 e. The second kappa shape index (κ2) is 12.9. The first-order chi connectivity index (χ1) is 22.3. The minimum Gasteiger partial charge on any atom is -0.369 e. The number of fused-ring (bicyclic) bond motifs is 1. The van der Waals surface area contributed by atoms with Crippen LogP contribution in [0.1, 0.15) is 48.3 Å². The Kier molecular flexibility index (Phi) is 9.09. The van der Waals surface area contributed by atoms with Gasteiger partial charge >= 0.3 is 0 Å². The fourth-order valence-electron chi connectivity index (χ4n) is 6.51. The van der Waals surface area contributed by atoms with E-state index in [0.717, 1.165) is 67.7 Å². The minimum atomic E-state index is -4.31. The number of nitrogens with zero attached hydrogens (tertiary/aromatic N) is 4. The third-order valence-corrected chi connectivity index (χ3v) is 11.0. The van der Waals surface area contributed by atoms with Crippen molar-refractivity contribution in [3.63, 3.8) is 0 Å². The molecule has 2 saturated heterocycles. The molecular formula is C32H40F2N8O4S. The van der Waals surface area contributed by atoms with Gasteiger partial charge in [0.15, 0.2) is 5.82 Å². The van der Waals surface area contributed by atoms with E-state index >= 15 is 0 Å². The van der Waals surface area contributed by atoms with Gasteiger partial charge in [0.05, 0.1) is 22.1 Å². The number of H-pyrrole nitrogens is 1. The zero-order valence-electron chi connectivity index (χ0n) is 26.7. The molecule has 2 amide bonds. The van der Waals surface area contributed by atoms with Crippen LogP contribution < -0.4 is 20.9 Å². The SMILES string of the molecule is CN1CCN(c2ccc(C(=O)Nc3n[nH]c4c3CN(S(=O)(=O)c3cc(F)cc(F)c3)CC4(C)C)c(NC(=O)C3CCCNC3)c2)CC1. The molecule has 1 aromatic heterocycles. The molecule has 4 heterocycles. The highest BCUT2D eigenvalue weighted by Gasteiger charge is 2.41. The molecular weight excluding hydrogens is 630 g/mol. The van der Waals surface area contributed by atoms with Crippen LogP contribution in [0.25, 0.3) is 0 Å². The number of piperazine rings is 1. The average molecular weight is 671 g/mol. The van der Waals surface area contributed by atoms with E-state index in [-0.39, 0.29) is 36.3 Å². The lowest BCUT2D eigenvalue weighted by Gasteiger charge is -2.36. The van der Waals surface area contributed by atoms with E-state index < -0.39 is 37.9 Å². The van der Waals surface area contributed by atoms with Gasteiger partial charge in [-0.2, -0.15) is 9.40 Å². The van der Waals surface area contributed by atoms with E-state index in [2.05, 4.69) is 43.0 Å². The Labute approximate surface area is 272 Å². The number of hydrogen-bond donors (Lipinski definition) is 4. The summed E-state index contributed by atoms with van der Waals surface area (Å²) >= 11 is 0. The van der Waals surface area contributed by atoms with Crippen LogP contribution in [0.3, 0.4) is 0 Å². The third kappa shape index (κ3) is 6.89. The molecule has 0 spiro atoms. The zero-order valence-corrected chi connectivity index (χ0v) is 27.5. The van der Waals surface area contributed by atoms with Gasteiger partial charge in [-0.15, -0.1) is 0 Å². The highest BCUT2D eigenvalue weighted by atomic mass is 32.2. The van der Waals surface area contributed by atoms with Crippen LogP contribution >= 0.6 is 0 Å². The summed E-state index contributed by atoms with van der Waals surface area (Å²) in [5.41, 5.74) is 1.78. The number of amides is 2.